The highest BCUT2D eigenvalue weighted by molar-refractivity contribution is 7.26. The minimum atomic E-state index is 0.00147. The van der Waals surface area contributed by atoms with Gasteiger partial charge in [-0.05, 0) is 65.6 Å². The molecule has 1 aliphatic heterocycles. The van der Waals surface area contributed by atoms with Crippen molar-refractivity contribution in [1.82, 2.24) is 4.98 Å². The second-order valence-corrected chi connectivity index (χ2v) is 12.8. The Balaban J connectivity index is 1.21. The lowest BCUT2D eigenvalue weighted by molar-refractivity contribution is 0.489. The first-order chi connectivity index (χ1) is 20.4. The molecule has 206 valence electrons. The average molecular weight is 568 g/mol. The Bertz CT molecular complexity index is 2100. The predicted octanol–water partition coefficient (Wildman–Crippen LogP) is 10.1. The zero-order chi connectivity index (χ0) is 28.4. The van der Waals surface area contributed by atoms with E-state index in [2.05, 4.69) is 116 Å². The normalized spacial score (nSPS) is 13.8. The van der Waals surface area contributed by atoms with Crippen LogP contribution < -0.4 is 14.5 Å². The standard InChI is InChI=1S/C36H29N3O2S/c1-36(2,3)23-15-16-37-28(19-23)27-21-30(35-33-32-29(41-34(27)33)13-8-14-31(32)42-35)40-26-12-7-11-25(20-26)39-18-17-38(22-39)24-9-5-4-6-10-24/h4-21H,22H2,1-3H3. The zero-order valence-corrected chi connectivity index (χ0v) is 24.5. The fourth-order valence-electron chi connectivity index (χ4n) is 5.74. The molecule has 0 aliphatic carbocycles. The summed E-state index contributed by atoms with van der Waals surface area (Å²) in [6.45, 7) is 7.40. The van der Waals surface area contributed by atoms with E-state index in [9.17, 15) is 0 Å². The van der Waals surface area contributed by atoms with Crippen LogP contribution in [0.4, 0.5) is 11.4 Å². The van der Waals surface area contributed by atoms with Crippen LogP contribution in [-0.4, -0.2) is 11.7 Å². The van der Waals surface area contributed by atoms with Crippen LogP contribution >= 0.6 is 11.3 Å². The summed E-state index contributed by atoms with van der Waals surface area (Å²) in [6.07, 6.45) is 6.11. The lowest BCUT2D eigenvalue weighted by Gasteiger charge is -2.22. The van der Waals surface area contributed by atoms with Gasteiger partial charge in [0.15, 0.2) is 0 Å². The van der Waals surface area contributed by atoms with Gasteiger partial charge in [0.05, 0.1) is 22.4 Å². The fraction of sp³-hybridized carbons (Fsp3) is 0.139. The minimum absolute atomic E-state index is 0.00147. The van der Waals surface area contributed by atoms with Gasteiger partial charge in [0.1, 0.15) is 22.7 Å². The molecule has 4 aromatic carbocycles. The molecule has 4 heterocycles. The molecular weight excluding hydrogens is 538 g/mol. The summed E-state index contributed by atoms with van der Waals surface area (Å²) in [5.41, 5.74) is 7.04. The van der Waals surface area contributed by atoms with E-state index in [1.807, 2.05) is 24.4 Å². The Morgan fingerprint density at radius 2 is 1.60 bits per heavy atom. The molecule has 1 aliphatic rings. The van der Waals surface area contributed by atoms with Crippen LogP contribution in [0.25, 0.3) is 42.6 Å². The minimum Gasteiger partial charge on any atom is -0.456 e. The van der Waals surface area contributed by atoms with Crippen molar-refractivity contribution in [3.05, 3.63) is 115 Å². The molecule has 6 heteroatoms. The maximum atomic E-state index is 6.73. The summed E-state index contributed by atoms with van der Waals surface area (Å²) < 4.78 is 15.5. The molecule has 0 spiro atoms. The molecule has 3 aromatic heterocycles. The van der Waals surface area contributed by atoms with E-state index in [1.54, 1.807) is 11.3 Å². The van der Waals surface area contributed by atoms with Crippen molar-refractivity contribution in [1.29, 1.82) is 0 Å². The summed E-state index contributed by atoms with van der Waals surface area (Å²) in [7, 11) is 0. The van der Waals surface area contributed by atoms with Gasteiger partial charge < -0.3 is 19.0 Å². The van der Waals surface area contributed by atoms with E-state index < -0.39 is 0 Å². The number of benzene rings is 4. The number of hydrogen-bond acceptors (Lipinski definition) is 6. The molecule has 8 rings (SSSR count). The Kier molecular flexibility index (Phi) is 5.56. The SMILES string of the molecule is CC(C)(C)c1ccnc(-c2cc(Oc3cccc(N4C=CN(c5ccccc5)C4)c3)c3sc4cccc5oc2c3c54)c1. The monoisotopic (exact) mass is 567 g/mol. The van der Waals surface area contributed by atoms with Crippen molar-refractivity contribution in [3.8, 4) is 22.8 Å². The molecule has 0 radical (unpaired) electrons. The molecule has 0 fully saturated rings. The second kappa shape index (κ2) is 9.36. The Hall–Kier alpha value is -4.81. The number of furan rings is 1. The number of ether oxygens (including phenoxy) is 1. The Morgan fingerprint density at radius 1 is 0.810 bits per heavy atom. The van der Waals surface area contributed by atoms with E-state index >= 15 is 0 Å². The molecule has 0 N–H and O–H groups in total. The van der Waals surface area contributed by atoms with Crippen molar-refractivity contribution < 1.29 is 9.15 Å². The number of thiophene rings is 1. The van der Waals surface area contributed by atoms with Gasteiger partial charge in [-0.15, -0.1) is 11.3 Å². The van der Waals surface area contributed by atoms with E-state index in [0.717, 1.165) is 61.8 Å². The van der Waals surface area contributed by atoms with Gasteiger partial charge in [-0.3, -0.25) is 4.98 Å². The van der Waals surface area contributed by atoms with Crippen molar-refractivity contribution in [3.63, 3.8) is 0 Å². The number of rotatable bonds is 5. The molecule has 0 amide bonds. The number of anilines is 2. The lowest BCUT2D eigenvalue weighted by atomic mass is 9.87. The van der Waals surface area contributed by atoms with E-state index in [0.29, 0.717) is 0 Å². The van der Waals surface area contributed by atoms with E-state index in [1.165, 1.54) is 16.0 Å². The van der Waals surface area contributed by atoms with Gasteiger partial charge in [-0.25, -0.2) is 0 Å². The average Bonchev–Trinajstić information content (AvgIpc) is 3.75. The number of hydrogen-bond donors (Lipinski definition) is 0. The third-order valence-electron chi connectivity index (χ3n) is 7.96. The predicted molar refractivity (Wildman–Crippen MR) is 174 cm³/mol. The largest absolute Gasteiger partial charge is 0.456 e. The zero-order valence-electron chi connectivity index (χ0n) is 23.7. The number of aromatic nitrogens is 1. The molecule has 0 unspecified atom stereocenters. The number of nitrogens with zero attached hydrogens (tertiary/aromatic N) is 3. The van der Waals surface area contributed by atoms with Crippen LogP contribution in [0.5, 0.6) is 11.5 Å². The molecular formula is C36H29N3O2S. The summed E-state index contributed by atoms with van der Waals surface area (Å²) in [4.78, 5) is 9.24. The van der Waals surface area contributed by atoms with E-state index in [4.69, 9.17) is 14.1 Å². The highest BCUT2D eigenvalue weighted by atomic mass is 32.1. The smallest absolute Gasteiger partial charge is 0.146 e. The van der Waals surface area contributed by atoms with Crippen LogP contribution in [0.15, 0.2) is 114 Å². The number of pyridine rings is 1. The molecule has 0 saturated carbocycles. The first-order valence-corrected chi connectivity index (χ1v) is 15.0. The molecule has 7 aromatic rings. The van der Waals surface area contributed by atoms with Gasteiger partial charge in [0.2, 0.25) is 0 Å². The van der Waals surface area contributed by atoms with Crippen LogP contribution in [0.1, 0.15) is 26.3 Å². The van der Waals surface area contributed by atoms with Crippen LogP contribution in [0, 0.1) is 0 Å². The summed E-state index contributed by atoms with van der Waals surface area (Å²) >= 11 is 1.75. The van der Waals surface area contributed by atoms with Gasteiger partial charge >= 0.3 is 0 Å². The third-order valence-corrected chi connectivity index (χ3v) is 9.13. The first kappa shape index (κ1) is 24.9. The lowest BCUT2D eigenvalue weighted by Crippen LogP contribution is -2.24. The Morgan fingerprint density at radius 3 is 2.43 bits per heavy atom. The summed E-state index contributed by atoms with van der Waals surface area (Å²) in [5, 5.41) is 2.27. The van der Waals surface area contributed by atoms with Gasteiger partial charge in [-0.1, -0.05) is 51.1 Å². The van der Waals surface area contributed by atoms with Crippen LogP contribution in [0.2, 0.25) is 0 Å². The van der Waals surface area contributed by atoms with Crippen molar-refractivity contribution in [2.45, 2.75) is 26.2 Å². The maximum absolute atomic E-state index is 6.73. The van der Waals surface area contributed by atoms with Crippen molar-refractivity contribution in [2.75, 3.05) is 16.5 Å². The van der Waals surface area contributed by atoms with Gasteiger partial charge in [-0.2, -0.15) is 0 Å². The fourth-order valence-corrected chi connectivity index (χ4v) is 6.91. The number of para-hydroxylation sites is 1. The second-order valence-electron chi connectivity index (χ2n) is 11.8. The molecule has 42 heavy (non-hydrogen) atoms. The van der Waals surface area contributed by atoms with Gasteiger partial charge in [0.25, 0.3) is 0 Å². The van der Waals surface area contributed by atoms with E-state index in [-0.39, 0.29) is 5.41 Å². The molecule has 0 atom stereocenters. The Labute approximate surface area is 248 Å². The summed E-state index contributed by atoms with van der Waals surface area (Å²) in [5.74, 6) is 1.60. The van der Waals surface area contributed by atoms with Crippen molar-refractivity contribution >= 4 is 54.0 Å². The van der Waals surface area contributed by atoms with Crippen LogP contribution in [0.3, 0.4) is 0 Å². The van der Waals surface area contributed by atoms with Gasteiger partial charge in [0, 0.05) is 51.7 Å². The topological polar surface area (TPSA) is 41.7 Å². The highest BCUT2D eigenvalue weighted by Gasteiger charge is 2.25. The first-order valence-electron chi connectivity index (χ1n) is 14.1. The van der Waals surface area contributed by atoms with Crippen LogP contribution in [-0.2, 0) is 5.41 Å². The molecule has 0 saturated heterocycles. The van der Waals surface area contributed by atoms with Crippen molar-refractivity contribution in [2.24, 2.45) is 0 Å². The molecule has 0 bridgehead atoms. The molecule has 5 nitrogen and oxygen atoms in total. The highest BCUT2D eigenvalue weighted by Crippen LogP contribution is 2.50. The summed E-state index contributed by atoms with van der Waals surface area (Å²) in [6, 6.07) is 31.3. The quantitative estimate of drug-likeness (QED) is 0.207. The third kappa shape index (κ3) is 4.10. The maximum Gasteiger partial charge on any atom is 0.146 e.